The van der Waals surface area contributed by atoms with Crippen LogP contribution in [0.4, 0.5) is 4.79 Å². The van der Waals surface area contributed by atoms with Gasteiger partial charge in [-0.05, 0) is 54.4 Å². The van der Waals surface area contributed by atoms with Crippen LogP contribution in [0.2, 0.25) is 0 Å². The van der Waals surface area contributed by atoms with E-state index in [1.54, 1.807) is 10.4 Å². The summed E-state index contributed by atoms with van der Waals surface area (Å²) in [6.45, 7) is 1.34. The van der Waals surface area contributed by atoms with Gasteiger partial charge in [-0.15, -0.1) is 11.3 Å². The molecule has 0 spiro atoms. The fraction of sp³-hybridized carbons (Fsp3) is 0.320. The fourth-order valence-electron chi connectivity index (χ4n) is 4.71. The normalized spacial score (nSPS) is 18.1. The molecule has 1 aliphatic carbocycles. The molecule has 5 rings (SSSR count). The van der Waals surface area contributed by atoms with Crippen LogP contribution in [0.15, 0.2) is 60.7 Å². The number of carbonyl (C=O) groups excluding carboxylic acids is 1. The number of rotatable bonds is 3. The third-order valence-corrected chi connectivity index (χ3v) is 7.52. The highest BCUT2D eigenvalue weighted by Gasteiger charge is 2.36. The lowest BCUT2D eigenvalue weighted by Gasteiger charge is -2.36. The fourth-order valence-corrected chi connectivity index (χ4v) is 6.29. The molecule has 3 nitrogen and oxygen atoms in total. The number of fused-ring (bicyclic) bond motifs is 3. The lowest BCUT2D eigenvalue weighted by molar-refractivity contribution is 0.180. The number of thiophene rings is 1. The van der Waals surface area contributed by atoms with E-state index in [-0.39, 0.29) is 12.1 Å². The second kappa shape index (κ2) is 8.03. The topological polar surface area (TPSA) is 32.3 Å². The number of hydrogen-bond acceptors (Lipinski definition) is 2. The Balaban J connectivity index is 1.47. The Kier molecular flexibility index (Phi) is 5.11. The summed E-state index contributed by atoms with van der Waals surface area (Å²) in [4.78, 5) is 18.2. The third-order valence-electron chi connectivity index (χ3n) is 6.14. The molecule has 1 atom stereocenters. The Bertz CT molecular complexity index is 996. The molecule has 1 aliphatic heterocycles. The molecule has 29 heavy (non-hydrogen) atoms. The van der Waals surface area contributed by atoms with Crippen LogP contribution in [-0.4, -0.2) is 17.5 Å². The van der Waals surface area contributed by atoms with E-state index >= 15 is 0 Å². The predicted molar refractivity (Wildman–Crippen MR) is 118 cm³/mol. The summed E-state index contributed by atoms with van der Waals surface area (Å²) in [5, 5.41) is 3.15. The summed E-state index contributed by atoms with van der Waals surface area (Å²) < 4.78 is 0. The predicted octanol–water partition coefficient (Wildman–Crippen LogP) is 5.48. The second-order valence-corrected chi connectivity index (χ2v) is 9.09. The molecule has 0 saturated carbocycles. The van der Waals surface area contributed by atoms with E-state index < -0.39 is 0 Å². The molecular formula is C25H26N2OS. The Morgan fingerprint density at radius 1 is 0.931 bits per heavy atom. The Morgan fingerprint density at radius 3 is 2.45 bits per heavy atom. The zero-order valence-electron chi connectivity index (χ0n) is 16.6. The Hall–Kier alpha value is -2.59. The van der Waals surface area contributed by atoms with Crippen molar-refractivity contribution >= 4 is 17.4 Å². The van der Waals surface area contributed by atoms with Gasteiger partial charge in [0.05, 0.1) is 6.04 Å². The SMILES string of the molecule is O=C(NCc1ccccc1)N1CCc2c(sc3c2CCCC3)[C@@H]1c1ccccc1. The smallest absolute Gasteiger partial charge is 0.318 e. The number of amides is 2. The van der Waals surface area contributed by atoms with Gasteiger partial charge >= 0.3 is 6.03 Å². The standard InChI is InChI=1S/C25H26N2OS/c28-25(26-17-18-9-3-1-4-10-18)27-16-15-21-20-13-7-8-14-22(20)29-24(21)23(27)19-11-5-2-6-12-19/h1-6,9-12,23H,7-8,13-17H2,(H,26,28)/t23-/m0/s1. The highest BCUT2D eigenvalue weighted by atomic mass is 32.1. The summed E-state index contributed by atoms with van der Waals surface area (Å²) >= 11 is 1.95. The number of nitrogens with zero attached hydrogens (tertiary/aromatic N) is 1. The van der Waals surface area contributed by atoms with Crippen LogP contribution >= 0.6 is 11.3 Å². The zero-order valence-corrected chi connectivity index (χ0v) is 17.4. The van der Waals surface area contributed by atoms with Crippen LogP contribution in [0, 0.1) is 0 Å². The first-order chi connectivity index (χ1) is 14.3. The van der Waals surface area contributed by atoms with Crippen molar-refractivity contribution < 1.29 is 4.79 Å². The number of benzene rings is 2. The summed E-state index contributed by atoms with van der Waals surface area (Å²) in [6, 6.07) is 20.7. The van der Waals surface area contributed by atoms with Crippen LogP contribution < -0.4 is 5.32 Å². The van der Waals surface area contributed by atoms with Crippen molar-refractivity contribution in [2.45, 2.75) is 44.7 Å². The Labute approximate surface area is 176 Å². The number of hydrogen-bond donors (Lipinski definition) is 1. The average molecular weight is 403 g/mol. The van der Waals surface area contributed by atoms with Crippen molar-refractivity contribution in [2.24, 2.45) is 0 Å². The van der Waals surface area contributed by atoms with Gasteiger partial charge in [-0.1, -0.05) is 60.7 Å². The molecule has 0 radical (unpaired) electrons. The monoisotopic (exact) mass is 402 g/mol. The molecule has 2 aromatic carbocycles. The van der Waals surface area contributed by atoms with Gasteiger partial charge in [-0.25, -0.2) is 4.79 Å². The number of aryl methyl sites for hydroxylation is 1. The van der Waals surface area contributed by atoms with E-state index in [2.05, 4.69) is 41.7 Å². The van der Waals surface area contributed by atoms with Crippen LogP contribution in [0.25, 0.3) is 0 Å². The Morgan fingerprint density at radius 2 is 1.66 bits per heavy atom. The number of nitrogens with one attached hydrogen (secondary N) is 1. The van der Waals surface area contributed by atoms with Crippen LogP contribution in [0.5, 0.6) is 0 Å². The first-order valence-corrected chi connectivity index (χ1v) is 11.4. The molecule has 1 aromatic heterocycles. The van der Waals surface area contributed by atoms with Crippen LogP contribution in [0.3, 0.4) is 0 Å². The average Bonchev–Trinajstić information content (AvgIpc) is 3.17. The first-order valence-electron chi connectivity index (χ1n) is 10.6. The lowest BCUT2D eigenvalue weighted by Crippen LogP contribution is -2.45. The highest BCUT2D eigenvalue weighted by Crippen LogP contribution is 2.44. The van der Waals surface area contributed by atoms with E-state index in [9.17, 15) is 4.79 Å². The highest BCUT2D eigenvalue weighted by molar-refractivity contribution is 7.12. The minimum atomic E-state index is 0.0197. The summed E-state index contributed by atoms with van der Waals surface area (Å²) in [5.41, 5.74) is 5.47. The molecule has 0 fully saturated rings. The van der Waals surface area contributed by atoms with Crippen LogP contribution in [0.1, 0.15) is 50.9 Å². The van der Waals surface area contributed by atoms with Crippen molar-refractivity contribution in [3.05, 3.63) is 92.7 Å². The van der Waals surface area contributed by atoms with Crippen molar-refractivity contribution in [3.63, 3.8) is 0 Å². The molecule has 2 aliphatic rings. The van der Waals surface area contributed by atoms with Gasteiger partial charge < -0.3 is 10.2 Å². The quantitative estimate of drug-likeness (QED) is 0.618. The molecule has 2 heterocycles. The van der Waals surface area contributed by atoms with Gasteiger partial charge in [0.1, 0.15) is 0 Å². The van der Waals surface area contributed by atoms with E-state index in [1.807, 2.05) is 40.5 Å². The minimum Gasteiger partial charge on any atom is -0.334 e. The van der Waals surface area contributed by atoms with Gasteiger partial charge in [0.2, 0.25) is 0 Å². The van der Waals surface area contributed by atoms with Crippen LogP contribution in [-0.2, 0) is 25.8 Å². The van der Waals surface area contributed by atoms with E-state index in [4.69, 9.17) is 0 Å². The number of carbonyl (C=O) groups is 1. The van der Waals surface area contributed by atoms with Crippen molar-refractivity contribution in [1.29, 1.82) is 0 Å². The van der Waals surface area contributed by atoms with Crippen molar-refractivity contribution in [2.75, 3.05) is 6.54 Å². The minimum absolute atomic E-state index is 0.0197. The third kappa shape index (κ3) is 3.58. The molecular weight excluding hydrogens is 376 g/mol. The van der Waals surface area contributed by atoms with Gasteiger partial charge in [0.25, 0.3) is 0 Å². The zero-order chi connectivity index (χ0) is 19.6. The molecule has 0 saturated heterocycles. The van der Waals surface area contributed by atoms with Gasteiger partial charge in [-0.2, -0.15) is 0 Å². The molecule has 148 valence electrons. The summed E-state index contributed by atoms with van der Waals surface area (Å²) in [7, 11) is 0. The summed E-state index contributed by atoms with van der Waals surface area (Å²) in [6.07, 6.45) is 5.98. The molecule has 0 unspecified atom stereocenters. The molecule has 0 bridgehead atoms. The van der Waals surface area contributed by atoms with E-state index in [1.165, 1.54) is 41.7 Å². The summed E-state index contributed by atoms with van der Waals surface area (Å²) in [5.74, 6) is 0. The number of urea groups is 1. The maximum atomic E-state index is 13.2. The lowest BCUT2D eigenvalue weighted by atomic mass is 9.88. The largest absolute Gasteiger partial charge is 0.334 e. The van der Waals surface area contributed by atoms with Crippen molar-refractivity contribution in [3.8, 4) is 0 Å². The second-order valence-electron chi connectivity index (χ2n) is 7.95. The molecule has 3 aromatic rings. The maximum absolute atomic E-state index is 13.2. The molecule has 2 amide bonds. The molecule has 1 N–H and O–H groups in total. The maximum Gasteiger partial charge on any atom is 0.318 e. The van der Waals surface area contributed by atoms with Crippen molar-refractivity contribution in [1.82, 2.24) is 10.2 Å². The molecule has 4 heteroatoms. The van der Waals surface area contributed by atoms with Gasteiger partial charge in [0, 0.05) is 22.8 Å². The van der Waals surface area contributed by atoms with E-state index in [0.717, 1.165) is 18.5 Å². The van der Waals surface area contributed by atoms with Gasteiger partial charge in [0.15, 0.2) is 0 Å². The first kappa shape index (κ1) is 18.4. The van der Waals surface area contributed by atoms with Gasteiger partial charge in [-0.3, -0.25) is 0 Å². The van der Waals surface area contributed by atoms with E-state index in [0.29, 0.717) is 6.54 Å².